The summed E-state index contributed by atoms with van der Waals surface area (Å²) in [6, 6.07) is 62.4. The van der Waals surface area contributed by atoms with Crippen LogP contribution in [0.5, 0.6) is 0 Å². The second-order valence-corrected chi connectivity index (χ2v) is 18.9. The molecule has 0 aromatic heterocycles. The summed E-state index contributed by atoms with van der Waals surface area (Å²) in [6.45, 7) is 2.22. The van der Waals surface area contributed by atoms with Gasteiger partial charge in [0.05, 0.1) is 0 Å². The maximum Gasteiger partial charge on any atom is 0.194 e. The molecule has 1 aliphatic carbocycles. The molecule has 0 radical (unpaired) electrons. The minimum Gasteiger partial charge on any atom is -0.311 e. The lowest BCUT2D eigenvalue weighted by Gasteiger charge is -2.26. The monoisotopic (exact) mass is 1130 g/mol. The van der Waals surface area contributed by atoms with E-state index in [2.05, 4.69) is 230 Å². The average molecular weight is 1130 g/mol. The van der Waals surface area contributed by atoms with Crippen LogP contribution in [-0.4, -0.2) is 11.6 Å². The molecule has 9 rings (SSSR count). The maximum atomic E-state index is 14.1. The molecule has 8 aromatic carbocycles. The van der Waals surface area contributed by atoms with E-state index in [4.69, 9.17) is 0 Å². The molecule has 298 valence electrons. The standard InChI is InChI=1S/C54H39I3N2O2/c1-2-3-4-35-5-19-43(20-6-35)58(46-25-13-40(55)14-26-46)44-21-7-36(8-22-44)38-11-31-49-51(33-38)53(60)50-32-12-39(34-52(50)54(49)61)37-9-23-45(24-10-37)59(47-27-15-41(56)16-28-47)48-29-17-42(57)18-30-48/h5-34H,2-4H2,1H3. The van der Waals surface area contributed by atoms with Crippen LogP contribution in [0.2, 0.25) is 0 Å². The summed E-state index contributed by atoms with van der Waals surface area (Å²) in [5, 5.41) is 0. The number of fused-ring (bicyclic) bond motifs is 2. The number of ketones is 2. The first-order chi connectivity index (χ1) is 29.7. The molecule has 0 amide bonds. The van der Waals surface area contributed by atoms with Crippen molar-refractivity contribution in [3.63, 3.8) is 0 Å². The van der Waals surface area contributed by atoms with E-state index in [9.17, 15) is 9.59 Å². The predicted octanol–water partition coefficient (Wildman–Crippen LogP) is 15.9. The van der Waals surface area contributed by atoms with Gasteiger partial charge in [0.15, 0.2) is 11.6 Å². The van der Waals surface area contributed by atoms with Crippen LogP contribution in [0, 0.1) is 10.7 Å². The molecule has 8 aromatic rings. The van der Waals surface area contributed by atoms with E-state index in [-0.39, 0.29) is 11.6 Å². The van der Waals surface area contributed by atoms with E-state index in [0.29, 0.717) is 22.3 Å². The fraction of sp³-hybridized carbons (Fsp3) is 0.0741. The number of hydrogen-bond donors (Lipinski definition) is 0. The maximum absolute atomic E-state index is 14.1. The third-order valence-corrected chi connectivity index (χ3v) is 13.4. The molecule has 0 spiro atoms. The number of hydrogen-bond acceptors (Lipinski definition) is 4. The Hall–Kier alpha value is -5.11. The summed E-state index contributed by atoms with van der Waals surface area (Å²) in [5.74, 6) is -0.273. The Labute approximate surface area is 398 Å². The Kier molecular flexibility index (Phi) is 12.2. The molecule has 0 saturated carbocycles. The molecular weight excluding hydrogens is 1090 g/mol. The van der Waals surface area contributed by atoms with Gasteiger partial charge in [0.2, 0.25) is 0 Å². The van der Waals surface area contributed by atoms with Crippen LogP contribution >= 0.6 is 67.8 Å². The minimum atomic E-state index is -0.137. The second kappa shape index (κ2) is 18.1. The van der Waals surface area contributed by atoms with Gasteiger partial charge in [-0.2, -0.15) is 0 Å². The van der Waals surface area contributed by atoms with E-state index >= 15 is 0 Å². The van der Waals surface area contributed by atoms with Crippen molar-refractivity contribution in [1.29, 1.82) is 0 Å². The largest absolute Gasteiger partial charge is 0.311 e. The Bertz CT molecular complexity index is 2830. The van der Waals surface area contributed by atoms with Crippen molar-refractivity contribution in [1.82, 2.24) is 0 Å². The van der Waals surface area contributed by atoms with Gasteiger partial charge in [-0.15, -0.1) is 0 Å². The highest BCUT2D eigenvalue weighted by molar-refractivity contribution is 14.1. The Balaban J connectivity index is 0.974. The lowest BCUT2D eigenvalue weighted by molar-refractivity contribution is 0.0979. The van der Waals surface area contributed by atoms with Crippen molar-refractivity contribution in [2.45, 2.75) is 26.2 Å². The normalized spacial score (nSPS) is 11.9. The van der Waals surface area contributed by atoms with Gasteiger partial charge in [-0.05, 0) is 242 Å². The molecule has 4 nitrogen and oxygen atoms in total. The molecule has 0 heterocycles. The molecular formula is C54H39I3N2O2. The van der Waals surface area contributed by atoms with Crippen LogP contribution in [0.3, 0.4) is 0 Å². The molecule has 0 atom stereocenters. The summed E-state index contributed by atoms with van der Waals surface area (Å²) < 4.78 is 3.53. The van der Waals surface area contributed by atoms with Crippen LogP contribution in [0.4, 0.5) is 34.1 Å². The summed E-state index contributed by atoms with van der Waals surface area (Å²) in [5.41, 5.74) is 13.1. The van der Waals surface area contributed by atoms with Gasteiger partial charge in [-0.25, -0.2) is 0 Å². The first kappa shape index (κ1) is 41.3. The van der Waals surface area contributed by atoms with E-state index < -0.39 is 0 Å². The summed E-state index contributed by atoms with van der Waals surface area (Å²) in [4.78, 5) is 32.7. The average Bonchev–Trinajstić information content (AvgIpc) is 3.30. The van der Waals surface area contributed by atoms with Gasteiger partial charge < -0.3 is 9.80 Å². The number of carbonyl (C=O) groups is 2. The van der Waals surface area contributed by atoms with Crippen LogP contribution in [0.15, 0.2) is 182 Å². The lowest BCUT2D eigenvalue weighted by atomic mass is 9.81. The fourth-order valence-corrected chi connectivity index (χ4v) is 9.05. The number of rotatable bonds is 11. The summed E-state index contributed by atoms with van der Waals surface area (Å²) in [6.07, 6.45) is 3.43. The molecule has 61 heavy (non-hydrogen) atoms. The van der Waals surface area contributed by atoms with Crippen molar-refractivity contribution < 1.29 is 9.59 Å². The number of carbonyl (C=O) groups excluding carboxylic acids is 2. The van der Waals surface area contributed by atoms with Crippen molar-refractivity contribution >= 4 is 113 Å². The van der Waals surface area contributed by atoms with Gasteiger partial charge in [0.25, 0.3) is 0 Å². The van der Waals surface area contributed by atoms with Crippen LogP contribution in [-0.2, 0) is 6.42 Å². The van der Waals surface area contributed by atoms with Gasteiger partial charge >= 0.3 is 0 Å². The van der Waals surface area contributed by atoms with E-state index in [1.165, 1.54) is 29.1 Å². The molecule has 0 bridgehead atoms. The number of unbranched alkanes of at least 4 members (excludes halogenated alkanes) is 1. The van der Waals surface area contributed by atoms with Gasteiger partial charge in [0, 0.05) is 67.1 Å². The van der Waals surface area contributed by atoms with Gasteiger partial charge in [0.1, 0.15) is 0 Å². The van der Waals surface area contributed by atoms with Gasteiger partial charge in [-0.1, -0.05) is 61.9 Å². The number of aryl methyl sites for hydroxylation is 1. The van der Waals surface area contributed by atoms with Crippen molar-refractivity contribution in [2.75, 3.05) is 9.80 Å². The van der Waals surface area contributed by atoms with Crippen molar-refractivity contribution in [2.24, 2.45) is 0 Å². The van der Waals surface area contributed by atoms with Gasteiger partial charge in [-0.3, -0.25) is 9.59 Å². The van der Waals surface area contributed by atoms with Crippen LogP contribution < -0.4 is 9.80 Å². The second-order valence-electron chi connectivity index (χ2n) is 15.1. The zero-order valence-corrected chi connectivity index (χ0v) is 39.8. The highest BCUT2D eigenvalue weighted by Gasteiger charge is 2.30. The summed E-state index contributed by atoms with van der Waals surface area (Å²) in [7, 11) is 0. The Morgan fingerprint density at radius 2 is 0.656 bits per heavy atom. The third-order valence-electron chi connectivity index (χ3n) is 11.2. The SMILES string of the molecule is CCCCc1ccc(N(c2ccc(I)cc2)c2ccc(-c3ccc4c(c3)C(=O)c3ccc(-c5ccc(N(c6ccc(I)cc6)c6ccc(I)cc6)cc5)cc3C4=O)cc2)cc1. The Morgan fingerprint density at radius 1 is 0.361 bits per heavy atom. The molecule has 0 unspecified atom stereocenters. The Morgan fingerprint density at radius 3 is 0.984 bits per heavy atom. The van der Waals surface area contributed by atoms with E-state index in [0.717, 1.165) is 62.8 Å². The van der Waals surface area contributed by atoms with Crippen LogP contribution in [0.1, 0.15) is 57.2 Å². The fourth-order valence-electron chi connectivity index (χ4n) is 7.97. The first-order valence-electron chi connectivity index (χ1n) is 20.3. The van der Waals surface area contributed by atoms with Crippen molar-refractivity contribution in [3.8, 4) is 22.3 Å². The predicted molar refractivity (Wildman–Crippen MR) is 277 cm³/mol. The highest BCUT2D eigenvalue weighted by atomic mass is 127. The minimum absolute atomic E-state index is 0.136. The topological polar surface area (TPSA) is 40.6 Å². The number of nitrogens with zero attached hydrogens (tertiary/aromatic N) is 2. The molecule has 0 saturated heterocycles. The lowest BCUT2D eigenvalue weighted by Crippen LogP contribution is -2.21. The quantitative estimate of drug-likeness (QED) is 0.121. The summed E-state index contributed by atoms with van der Waals surface area (Å²) >= 11 is 7.00. The molecule has 0 aliphatic heterocycles. The first-order valence-corrected chi connectivity index (χ1v) is 23.5. The number of benzene rings is 8. The zero-order chi connectivity index (χ0) is 42.0. The zero-order valence-electron chi connectivity index (χ0n) is 33.3. The highest BCUT2D eigenvalue weighted by Crippen LogP contribution is 2.39. The van der Waals surface area contributed by atoms with E-state index in [1.807, 2.05) is 36.4 Å². The smallest absolute Gasteiger partial charge is 0.194 e. The molecule has 0 fully saturated rings. The molecule has 0 N–H and O–H groups in total. The van der Waals surface area contributed by atoms with E-state index in [1.54, 1.807) is 0 Å². The molecule has 1 aliphatic rings. The number of halogens is 3. The number of anilines is 6. The van der Waals surface area contributed by atoms with Crippen LogP contribution in [0.25, 0.3) is 22.3 Å². The van der Waals surface area contributed by atoms with Crippen molar-refractivity contribution in [3.05, 3.63) is 221 Å². The third kappa shape index (κ3) is 8.69. The molecule has 7 heteroatoms.